The van der Waals surface area contributed by atoms with E-state index in [1.54, 1.807) is 0 Å². The average Bonchev–Trinajstić information content (AvgIpc) is 3.00. The second-order valence-electron chi connectivity index (χ2n) is 6.00. The molecule has 0 aliphatic carbocycles. The molecule has 0 aliphatic heterocycles. The molecule has 4 rings (SSSR count). The summed E-state index contributed by atoms with van der Waals surface area (Å²) < 4.78 is 46.6. The van der Waals surface area contributed by atoms with Gasteiger partial charge < -0.3 is 4.74 Å². The van der Waals surface area contributed by atoms with Crippen LogP contribution in [0.5, 0.6) is 0 Å². The summed E-state index contributed by atoms with van der Waals surface area (Å²) in [6.45, 7) is 0. The van der Waals surface area contributed by atoms with Gasteiger partial charge in [0, 0.05) is 27.3 Å². The third-order valence-corrected chi connectivity index (χ3v) is 6.76. The standard InChI is InChI=1S/C21H14F3O2S/c1-26-20(25)16-12-13(10-11-17(16)21(22,23)24)27-18-8-4-2-6-14(18)15-7-3-5-9-19(15)27/h2-12H,1H3/q+1. The van der Waals surface area contributed by atoms with Gasteiger partial charge in [0.2, 0.25) is 0 Å². The summed E-state index contributed by atoms with van der Waals surface area (Å²) in [5.74, 6) is -0.992. The van der Waals surface area contributed by atoms with Crippen molar-refractivity contribution in [3.05, 3.63) is 77.9 Å². The highest BCUT2D eigenvalue weighted by Gasteiger charge is 2.37. The van der Waals surface area contributed by atoms with Gasteiger partial charge in [-0.05, 0) is 36.4 Å². The fraction of sp³-hybridized carbons (Fsp3) is 0.0952. The Balaban J connectivity index is 2.06. The van der Waals surface area contributed by atoms with Crippen molar-refractivity contribution in [2.24, 2.45) is 0 Å². The molecule has 0 aliphatic rings. The van der Waals surface area contributed by atoms with Crippen LogP contribution in [0.3, 0.4) is 0 Å². The van der Waals surface area contributed by atoms with Crippen molar-refractivity contribution >= 4 is 36.6 Å². The molecular formula is C21H14F3O2S+. The van der Waals surface area contributed by atoms with Crippen molar-refractivity contribution in [2.45, 2.75) is 6.18 Å². The molecule has 0 bridgehead atoms. The number of thiophene rings is 1. The lowest BCUT2D eigenvalue weighted by atomic mass is 10.1. The van der Waals surface area contributed by atoms with Crippen LogP contribution in [0.2, 0.25) is 0 Å². The number of ether oxygens (including phenoxy) is 1. The van der Waals surface area contributed by atoms with Gasteiger partial charge in [-0.2, -0.15) is 13.2 Å². The quantitative estimate of drug-likeness (QED) is 0.288. The van der Waals surface area contributed by atoms with Crippen molar-refractivity contribution in [1.82, 2.24) is 0 Å². The zero-order valence-electron chi connectivity index (χ0n) is 14.2. The number of rotatable bonds is 2. The molecule has 27 heavy (non-hydrogen) atoms. The highest BCUT2D eigenvalue weighted by molar-refractivity contribution is 7.50. The molecule has 3 aromatic carbocycles. The molecule has 1 aromatic heterocycles. The first-order valence-corrected chi connectivity index (χ1v) is 9.36. The predicted molar refractivity (Wildman–Crippen MR) is 102 cm³/mol. The van der Waals surface area contributed by atoms with E-state index >= 15 is 0 Å². The minimum atomic E-state index is -4.63. The molecule has 0 radical (unpaired) electrons. The molecular weight excluding hydrogens is 373 g/mol. The average molecular weight is 387 g/mol. The van der Waals surface area contributed by atoms with E-state index in [0.717, 1.165) is 33.3 Å². The number of esters is 1. The summed E-state index contributed by atoms with van der Waals surface area (Å²) in [4.78, 5) is 12.7. The van der Waals surface area contributed by atoms with Gasteiger partial charge in [-0.3, -0.25) is 0 Å². The SMILES string of the molecule is COC(=O)c1cc(-[s+]2c3ccccc3c3ccccc32)ccc1C(F)(F)F. The molecule has 0 saturated carbocycles. The van der Waals surface area contributed by atoms with E-state index in [0.29, 0.717) is 4.90 Å². The molecule has 136 valence electrons. The Morgan fingerprint density at radius 3 is 1.96 bits per heavy atom. The highest BCUT2D eigenvalue weighted by atomic mass is 32.2. The lowest BCUT2D eigenvalue weighted by Gasteiger charge is -2.11. The van der Waals surface area contributed by atoms with Crippen molar-refractivity contribution in [2.75, 3.05) is 7.11 Å². The van der Waals surface area contributed by atoms with Crippen LogP contribution >= 0.6 is 10.5 Å². The van der Waals surface area contributed by atoms with E-state index < -0.39 is 33.7 Å². The maximum Gasteiger partial charge on any atom is 0.417 e. The molecule has 0 fully saturated rings. The summed E-state index contributed by atoms with van der Waals surface area (Å²) >= 11 is 0. The molecule has 2 nitrogen and oxygen atoms in total. The van der Waals surface area contributed by atoms with Gasteiger partial charge in [0.15, 0.2) is 14.3 Å². The number of hydrogen-bond donors (Lipinski definition) is 0. The Morgan fingerprint density at radius 2 is 1.44 bits per heavy atom. The number of alkyl halides is 3. The van der Waals surface area contributed by atoms with E-state index in [2.05, 4.69) is 4.74 Å². The van der Waals surface area contributed by atoms with Gasteiger partial charge in [0.05, 0.1) is 18.2 Å². The molecule has 0 saturated heterocycles. The lowest BCUT2D eigenvalue weighted by Crippen LogP contribution is -2.14. The van der Waals surface area contributed by atoms with Crippen LogP contribution in [0, 0.1) is 0 Å². The molecule has 6 heteroatoms. The van der Waals surface area contributed by atoms with Gasteiger partial charge in [0.1, 0.15) is 0 Å². The van der Waals surface area contributed by atoms with Crippen LogP contribution in [0.1, 0.15) is 15.9 Å². The van der Waals surface area contributed by atoms with Gasteiger partial charge in [0.25, 0.3) is 0 Å². The number of fused-ring (bicyclic) bond motifs is 3. The van der Waals surface area contributed by atoms with E-state index in [1.165, 1.54) is 12.1 Å². The largest absolute Gasteiger partial charge is 0.465 e. The van der Waals surface area contributed by atoms with Crippen molar-refractivity contribution in [1.29, 1.82) is 0 Å². The third-order valence-electron chi connectivity index (χ3n) is 4.44. The normalized spacial score (nSPS) is 11.9. The highest BCUT2D eigenvalue weighted by Crippen LogP contribution is 2.49. The van der Waals surface area contributed by atoms with Gasteiger partial charge in [-0.25, -0.2) is 4.79 Å². The van der Waals surface area contributed by atoms with Crippen LogP contribution in [0.4, 0.5) is 13.2 Å². The summed E-state index contributed by atoms with van der Waals surface area (Å²) in [6, 6.07) is 19.4. The summed E-state index contributed by atoms with van der Waals surface area (Å²) in [7, 11) is 0.501. The van der Waals surface area contributed by atoms with E-state index in [1.807, 2.05) is 48.5 Å². The second-order valence-corrected chi connectivity index (χ2v) is 7.96. The molecule has 0 N–H and O–H groups in total. The Bertz CT molecular complexity index is 1120. The predicted octanol–water partition coefficient (Wildman–Crippen LogP) is 6.54. The van der Waals surface area contributed by atoms with Crippen molar-refractivity contribution in [3.8, 4) is 4.90 Å². The van der Waals surface area contributed by atoms with E-state index in [9.17, 15) is 18.0 Å². The number of halogens is 3. The van der Waals surface area contributed by atoms with Crippen LogP contribution in [0.25, 0.3) is 25.1 Å². The van der Waals surface area contributed by atoms with E-state index in [4.69, 9.17) is 0 Å². The first-order chi connectivity index (χ1) is 12.9. The van der Waals surface area contributed by atoms with Gasteiger partial charge >= 0.3 is 12.1 Å². The third kappa shape index (κ3) is 2.86. The van der Waals surface area contributed by atoms with E-state index in [-0.39, 0.29) is 0 Å². The number of benzene rings is 3. The second kappa shape index (κ2) is 6.39. The minimum Gasteiger partial charge on any atom is -0.465 e. The van der Waals surface area contributed by atoms with Crippen molar-refractivity contribution < 1.29 is 22.7 Å². The smallest absolute Gasteiger partial charge is 0.417 e. The Labute approximate surface area is 155 Å². The topological polar surface area (TPSA) is 26.3 Å². The Hall–Kier alpha value is -2.86. The molecule has 0 amide bonds. The fourth-order valence-electron chi connectivity index (χ4n) is 3.28. The first-order valence-electron chi connectivity index (χ1n) is 8.14. The Morgan fingerprint density at radius 1 is 0.889 bits per heavy atom. The fourth-order valence-corrected chi connectivity index (χ4v) is 5.69. The minimum absolute atomic E-state index is 0.461. The zero-order valence-corrected chi connectivity index (χ0v) is 15.0. The molecule has 0 atom stereocenters. The molecule has 1 heterocycles. The molecule has 0 unspecified atom stereocenters. The first kappa shape index (κ1) is 17.5. The monoisotopic (exact) mass is 387 g/mol. The lowest BCUT2D eigenvalue weighted by molar-refractivity contribution is -0.138. The van der Waals surface area contributed by atoms with Gasteiger partial charge in [-0.15, -0.1) is 0 Å². The summed E-state index contributed by atoms with van der Waals surface area (Å²) in [5.41, 5.74) is -1.45. The Kier molecular flexibility index (Phi) is 4.15. The van der Waals surface area contributed by atoms with Crippen LogP contribution < -0.4 is 0 Å². The van der Waals surface area contributed by atoms with Crippen LogP contribution in [-0.4, -0.2) is 13.1 Å². The maximum atomic E-state index is 13.3. The van der Waals surface area contributed by atoms with Crippen LogP contribution in [-0.2, 0) is 10.9 Å². The molecule has 0 spiro atoms. The zero-order chi connectivity index (χ0) is 19.2. The molecule has 4 aromatic rings. The maximum absolute atomic E-state index is 13.3. The summed E-state index contributed by atoms with van der Waals surface area (Å²) in [5, 5.41) is 2.13. The number of methoxy groups -OCH3 is 1. The number of carbonyl (C=O) groups excluding carboxylic acids is 1. The number of carbonyl (C=O) groups is 1. The van der Waals surface area contributed by atoms with Crippen molar-refractivity contribution in [3.63, 3.8) is 0 Å². The van der Waals surface area contributed by atoms with Gasteiger partial charge in [-0.1, -0.05) is 24.3 Å². The summed E-state index contributed by atoms with van der Waals surface area (Å²) in [6.07, 6.45) is -4.63. The van der Waals surface area contributed by atoms with Crippen LogP contribution in [0.15, 0.2) is 66.7 Å². The number of hydrogen-bond acceptors (Lipinski definition) is 2.